The van der Waals surface area contributed by atoms with Crippen LogP contribution in [0, 0.1) is 5.92 Å². The van der Waals surface area contributed by atoms with Gasteiger partial charge in [-0.05, 0) is 34.0 Å². The van der Waals surface area contributed by atoms with E-state index >= 15 is 0 Å². The van der Waals surface area contributed by atoms with Crippen LogP contribution in [0.1, 0.15) is 13.8 Å². The van der Waals surface area contributed by atoms with Gasteiger partial charge in [-0.3, -0.25) is 9.38 Å². The standard InChI is InChI=1S/C15H16BrN5/c1-10(2)7-19-15-14(11-8-17-5-3-12(11)16)20-13-4-6-18-9-21(13)15/h3-6,8-10,19H,7H2,1-2H3. The first kappa shape index (κ1) is 14.0. The summed E-state index contributed by atoms with van der Waals surface area (Å²) in [5, 5.41) is 3.47. The van der Waals surface area contributed by atoms with E-state index in [-0.39, 0.29) is 0 Å². The van der Waals surface area contributed by atoms with Crippen molar-refractivity contribution >= 4 is 27.4 Å². The molecule has 0 spiro atoms. The number of aromatic nitrogens is 4. The van der Waals surface area contributed by atoms with Crippen LogP contribution in [-0.4, -0.2) is 25.9 Å². The van der Waals surface area contributed by atoms with Gasteiger partial charge in [0.25, 0.3) is 0 Å². The maximum absolute atomic E-state index is 4.71. The van der Waals surface area contributed by atoms with Gasteiger partial charge in [0.1, 0.15) is 23.5 Å². The fourth-order valence-electron chi connectivity index (χ4n) is 2.11. The number of hydrogen-bond acceptors (Lipinski definition) is 4. The minimum atomic E-state index is 0.539. The smallest absolute Gasteiger partial charge is 0.141 e. The summed E-state index contributed by atoms with van der Waals surface area (Å²) in [7, 11) is 0. The molecule has 0 bridgehead atoms. The van der Waals surface area contributed by atoms with Gasteiger partial charge in [-0.25, -0.2) is 9.97 Å². The molecule has 0 unspecified atom stereocenters. The van der Waals surface area contributed by atoms with Gasteiger partial charge in [0.05, 0.1) is 0 Å². The minimum Gasteiger partial charge on any atom is -0.369 e. The van der Waals surface area contributed by atoms with Crippen molar-refractivity contribution in [1.82, 2.24) is 19.4 Å². The molecular formula is C15H16BrN5. The highest BCUT2D eigenvalue weighted by molar-refractivity contribution is 9.10. The van der Waals surface area contributed by atoms with Crippen molar-refractivity contribution in [2.24, 2.45) is 5.92 Å². The number of fused-ring (bicyclic) bond motifs is 1. The molecule has 0 aromatic carbocycles. The summed E-state index contributed by atoms with van der Waals surface area (Å²) in [5.41, 5.74) is 2.71. The zero-order valence-electron chi connectivity index (χ0n) is 11.9. The molecule has 0 aliphatic carbocycles. The SMILES string of the molecule is CC(C)CNc1c(-c2cnccc2Br)nc2ccncn12. The Labute approximate surface area is 131 Å². The number of halogens is 1. The van der Waals surface area contributed by atoms with Gasteiger partial charge in [0.15, 0.2) is 0 Å². The van der Waals surface area contributed by atoms with Crippen LogP contribution in [0.15, 0.2) is 41.5 Å². The molecule has 0 radical (unpaired) electrons. The van der Waals surface area contributed by atoms with Crippen LogP contribution in [-0.2, 0) is 0 Å². The third kappa shape index (κ3) is 2.76. The van der Waals surface area contributed by atoms with Crippen molar-refractivity contribution in [3.05, 3.63) is 41.5 Å². The molecule has 108 valence electrons. The van der Waals surface area contributed by atoms with Gasteiger partial charge in [-0.15, -0.1) is 0 Å². The van der Waals surface area contributed by atoms with Gasteiger partial charge in [0.2, 0.25) is 0 Å². The summed E-state index contributed by atoms with van der Waals surface area (Å²) < 4.78 is 2.94. The molecule has 3 aromatic heterocycles. The van der Waals surface area contributed by atoms with E-state index in [2.05, 4.69) is 45.1 Å². The molecule has 1 N–H and O–H groups in total. The average Bonchev–Trinajstić information content (AvgIpc) is 2.84. The summed E-state index contributed by atoms with van der Waals surface area (Å²) in [6.45, 7) is 5.22. The molecule has 6 heteroatoms. The van der Waals surface area contributed by atoms with Crippen LogP contribution < -0.4 is 5.32 Å². The van der Waals surface area contributed by atoms with Crippen LogP contribution in [0.2, 0.25) is 0 Å². The second-order valence-electron chi connectivity index (χ2n) is 5.25. The third-order valence-electron chi connectivity index (χ3n) is 3.13. The lowest BCUT2D eigenvalue weighted by Crippen LogP contribution is -2.10. The highest BCUT2D eigenvalue weighted by Crippen LogP contribution is 2.32. The number of pyridine rings is 1. The highest BCUT2D eigenvalue weighted by atomic mass is 79.9. The Morgan fingerprint density at radius 3 is 2.81 bits per heavy atom. The number of rotatable bonds is 4. The zero-order valence-corrected chi connectivity index (χ0v) is 13.5. The van der Waals surface area contributed by atoms with E-state index in [0.717, 1.165) is 33.7 Å². The van der Waals surface area contributed by atoms with Gasteiger partial charge < -0.3 is 5.32 Å². The van der Waals surface area contributed by atoms with E-state index in [4.69, 9.17) is 4.98 Å². The Hall–Kier alpha value is -1.95. The summed E-state index contributed by atoms with van der Waals surface area (Å²) in [6, 6.07) is 3.82. The predicted octanol–water partition coefficient (Wildman–Crippen LogP) is 3.62. The van der Waals surface area contributed by atoms with Gasteiger partial charge in [0, 0.05) is 35.2 Å². The lowest BCUT2D eigenvalue weighted by atomic mass is 10.2. The van der Waals surface area contributed by atoms with Crippen molar-refractivity contribution in [1.29, 1.82) is 0 Å². The van der Waals surface area contributed by atoms with E-state index in [1.807, 2.05) is 22.7 Å². The number of anilines is 1. The monoisotopic (exact) mass is 345 g/mol. The van der Waals surface area contributed by atoms with Crippen LogP contribution in [0.25, 0.3) is 16.9 Å². The van der Waals surface area contributed by atoms with Crippen molar-refractivity contribution in [2.75, 3.05) is 11.9 Å². The van der Waals surface area contributed by atoms with Crippen LogP contribution in [0.5, 0.6) is 0 Å². The molecule has 0 fully saturated rings. The molecule has 21 heavy (non-hydrogen) atoms. The van der Waals surface area contributed by atoms with E-state index in [1.54, 1.807) is 18.7 Å². The number of imidazole rings is 1. The summed E-state index contributed by atoms with van der Waals surface area (Å²) in [4.78, 5) is 13.1. The second kappa shape index (κ2) is 5.81. The highest BCUT2D eigenvalue weighted by Gasteiger charge is 2.16. The molecule has 3 rings (SSSR count). The fraction of sp³-hybridized carbons (Fsp3) is 0.267. The Morgan fingerprint density at radius 1 is 1.24 bits per heavy atom. The molecule has 0 atom stereocenters. The molecule has 5 nitrogen and oxygen atoms in total. The molecule has 0 aliphatic rings. The summed E-state index contributed by atoms with van der Waals surface area (Å²) >= 11 is 3.57. The summed E-state index contributed by atoms with van der Waals surface area (Å²) in [5.74, 6) is 1.48. The maximum Gasteiger partial charge on any atom is 0.141 e. The van der Waals surface area contributed by atoms with Gasteiger partial charge in [-0.1, -0.05) is 13.8 Å². The molecule has 0 amide bonds. The second-order valence-corrected chi connectivity index (χ2v) is 6.10. The topological polar surface area (TPSA) is 55.1 Å². The first-order valence-electron chi connectivity index (χ1n) is 6.82. The average molecular weight is 346 g/mol. The first-order chi connectivity index (χ1) is 10.2. The van der Waals surface area contributed by atoms with E-state index in [0.29, 0.717) is 5.92 Å². The Bertz CT molecular complexity index is 766. The van der Waals surface area contributed by atoms with Gasteiger partial charge in [-0.2, -0.15) is 0 Å². The quantitative estimate of drug-likeness (QED) is 0.784. The Morgan fingerprint density at radius 2 is 2.05 bits per heavy atom. The van der Waals surface area contributed by atoms with E-state index in [1.165, 1.54) is 0 Å². The fourth-order valence-corrected chi connectivity index (χ4v) is 2.52. The van der Waals surface area contributed by atoms with Crippen LogP contribution in [0.4, 0.5) is 5.82 Å². The lowest BCUT2D eigenvalue weighted by molar-refractivity contribution is 0.686. The number of hydrogen-bond donors (Lipinski definition) is 1. The van der Waals surface area contributed by atoms with E-state index in [9.17, 15) is 0 Å². The van der Waals surface area contributed by atoms with Crippen molar-refractivity contribution in [2.45, 2.75) is 13.8 Å². The number of nitrogens with zero attached hydrogens (tertiary/aromatic N) is 4. The summed E-state index contributed by atoms with van der Waals surface area (Å²) in [6.07, 6.45) is 7.10. The molecule has 0 saturated heterocycles. The molecule has 3 aromatic rings. The Balaban J connectivity index is 2.17. The normalized spacial score (nSPS) is 11.2. The lowest BCUT2D eigenvalue weighted by Gasteiger charge is -2.11. The maximum atomic E-state index is 4.71. The third-order valence-corrected chi connectivity index (χ3v) is 3.82. The van der Waals surface area contributed by atoms with Crippen LogP contribution in [0.3, 0.4) is 0 Å². The molecule has 0 saturated carbocycles. The molecule has 3 heterocycles. The molecular weight excluding hydrogens is 330 g/mol. The predicted molar refractivity (Wildman–Crippen MR) is 87.2 cm³/mol. The van der Waals surface area contributed by atoms with Crippen molar-refractivity contribution in [3.63, 3.8) is 0 Å². The molecule has 0 aliphatic heterocycles. The Kier molecular flexibility index (Phi) is 3.88. The van der Waals surface area contributed by atoms with Gasteiger partial charge >= 0.3 is 0 Å². The first-order valence-corrected chi connectivity index (χ1v) is 7.62. The zero-order chi connectivity index (χ0) is 14.8. The van der Waals surface area contributed by atoms with E-state index < -0.39 is 0 Å². The van der Waals surface area contributed by atoms with Crippen molar-refractivity contribution < 1.29 is 0 Å². The van der Waals surface area contributed by atoms with Crippen molar-refractivity contribution in [3.8, 4) is 11.3 Å². The largest absolute Gasteiger partial charge is 0.369 e. The van der Waals surface area contributed by atoms with Crippen LogP contribution >= 0.6 is 15.9 Å². The minimum absolute atomic E-state index is 0.539. The number of nitrogens with one attached hydrogen (secondary N) is 1.